The fraction of sp³-hybridized carbons (Fsp3) is 0.222. The van der Waals surface area contributed by atoms with Gasteiger partial charge in [-0.15, -0.1) is 0 Å². The van der Waals surface area contributed by atoms with Gasteiger partial charge in [0.25, 0.3) is 0 Å². The largest absolute Gasteiger partial charge is 0.493 e. The molecule has 0 radical (unpaired) electrons. The number of halogens is 2. The Balaban J connectivity index is 1.96. The monoisotopic (exact) mass is 449 g/mol. The van der Waals surface area contributed by atoms with E-state index >= 15 is 0 Å². The summed E-state index contributed by atoms with van der Waals surface area (Å²) in [6, 6.07) is 13.5. The van der Waals surface area contributed by atoms with Gasteiger partial charge in [-0.1, -0.05) is 26.8 Å². The molecule has 4 aromatic rings. The summed E-state index contributed by atoms with van der Waals surface area (Å²) in [5, 5.41) is 0.269. The number of nitrogens with one attached hydrogen (secondary N) is 1. The van der Waals surface area contributed by atoms with Crippen molar-refractivity contribution in [1.29, 1.82) is 0 Å². The topological polar surface area (TPSA) is 51.3 Å². The Kier molecular flexibility index (Phi) is 5.70. The number of pyridine rings is 1. The highest BCUT2D eigenvalue weighted by atomic mass is 19.1. The number of fused-ring (bicyclic) bond motifs is 1. The second-order valence-corrected chi connectivity index (χ2v) is 9.05. The van der Waals surface area contributed by atoms with Crippen molar-refractivity contribution in [2.24, 2.45) is 0 Å². The highest BCUT2D eigenvalue weighted by Gasteiger charge is 2.21. The van der Waals surface area contributed by atoms with Crippen LogP contribution in [0.1, 0.15) is 31.9 Å². The number of hydrogen-bond acceptors (Lipinski definition) is 3. The molecule has 0 unspecified atom stereocenters. The van der Waals surface area contributed by atoms with Gasteiger partial charge >= 0.3 is 0 Å². The van der Waals surface area contributed by atoms with Crippen LogP contribution in [0.2, 0.25) is 0 Å². The van der Waals surface area contributed by atoms with Gasteiger partial charge in [-0.2, -0.15) is 0 Å². The summed E-state index contributed by atoms with van der Waals surface area (Å²) in [6.07, 6.45) is 0. The van der Waals surface area contributed by atoms with E-state index in [-0.39, 0.29) is 22.0 Å². The molecular formula is C27H25F2NO3. The van der Waals surface area contributed by atoms with E-state index in [4.69, 9.17) is 9.47 Å². The summed E-state index contributed by atoms with van der Waals surface area (Å²) in [5.41, 5.74) is 3.18. The van der Waals surface area contributed by atoms with Gasteiger partial charge in [0.15, 0.2) is 16.9 Å². The molecule has 170 valence electrons. The van der Waals surface area contributed by atoms with E-state index < -0.39 is 11.6 Å². The average molecular weight is 449 g/mol. The molecule has 33 heavy (non-hydrogen) atoms. The molecule has 1 heterocycles. The summed E-state index contributed by atoms with van der Waals surface area (Å²) < 4.78 is 38.9. The molecule has 0 bridgehead atoms. The van der Waals surface area contributed by atoms with Crippen LogP contribution in [-0.4, -0.2) is 12.1 Å². The average Bonchev–Trinajstić information content (AvgIpc) is 2.74. The number of benzene rings is 3. The Morgan fingerprint density at radius 1 is 0.848 bits per heavy atom. The van der Waals surface area contributed by atoms with Crippen LogP contribution in [0.5, 0.6) is 17.2 Å². The molecule has 0 spiro atoms. The molecule has 0 fully saturated rings. The number of aromatic amines is 1. The van der Waals surface area contributed by atoms with Gasteiger partial charge in [0, 0.05) is 28.6 Å². The minimum Gasteiger partial charge on any atom is -0.493 e. The van der Waals surface area contributed by atoms with Crippen LogP contribution in [0.3, 0.4) is 0 Å². The maximum atomic E-state index is 13.7. The van der Waals surface area contributed by atoms with Crippen molar-refractivity contribution in [3.05, 3.63) is 87.6 Å². The zero-order valence-electron chi connectivity index (χ0n) is 19.2. The maximum Gasteiger partial charge on any atom is 0.190 e. The fourth-order valence-electron chi connectivity index (χ4n) is 3.81. The first-order valence-corrected chi connectivity index (χ1v) is 10.6. The predicted molar refractivity (Wildman–Crippen MR) is 126 cm³/mol. The van der Waals surface area contributed by atoms with Crippen LogP contribution >= 0.6 is 0 Å². The third-order valence-corrected chi connectivity index (χ3v) is 5.57. The zero-order chi connectivity index (χ0) is 23.9. The summed E-state index contributed by atoms with van der Waals surface area (Å²) in [4.78, 5) is 16.0. The molecule has 3 aromatic carbocycles. The molecule has 0 saturated heterocycles. The lowest BCUT2D eigenvalue weighted by Gasteiger charge is -2.23. The highest BCUT2D eigenvalue weighted by Crippen LogP contribution is 2.41. The molecule has 6 heteroatoms. The van der Waals surface area contributed by atoms with Crippen molar-refractivity contribution in [1.82, 2.24) is 4.98 Å². The molecule has 0 aliphatic carbocycles. The Bertz CT molecular complexity index is 1420. The molecule has 0 aliphatic heterocycles. The van der Waals surface area contributed by atoms with Gasteiger partial charge in [0.2, 0.25) is 0 Å². The maximum absolute atomic E-state index is 13.7. The van der Waals surface area contributed by atoms with E-state index in [1.54, 1.807) is 0 Å². The molecule has 0 amide bonds. The van der Waals surface area contributed by atoms with Gasteiger partial charge in [-0.05, 0) is 59.9 Å². The van der Waals surface area contributed by atoms with Crippen LogP contribution in [-0.2, 0) is 5.41 Å². The first kappa shape index (κ1) is 22.5. The summed E-state index contributed by atoms with van der Waals surface area (Å²) in [6.45, 7) is 8.22. The van der Waals surface area contributed by atoms with Gasteiger partial charge in [0.1, 0.15) is 17.4 Å². The molecule has 1 N–H and O–H groups in total. The molecule has 4 nitrogen and oxygen atoms in total. The van der Waals surface area contributed by atoms with Crippen LogP contribution < -0.4 is 14.9 Å². The number of H-pyrrole nitrogens is 1. The number of rotatable bonds is 4. The van der Waals surface area contributed by atoms with E-state index in [0.29, 0.717) is 28.3 Å². The summed E-state index contributed by atoms with van der Waals surface area (Å²) >= 11 is 0. The number of methoxy groups -OCH3 is 1. The van der Waals surface area contributed by atoms with Crippen molar-refractivity contribution < 1.29 is 18.3 Å². The molecule has 0 atom stereocenters. The third-order valence-electron chi connectivity index (χ3n) is 5.57. The summed E-state index contributed by atoms with van der Waals surface area (Å²) in [5.74, 6) is 0.170. The van der Waals surface area contributed by atoms with Gasteiger partial charge in [0.05, 0.1) is 12.8 Å². The minimum atomic E-state index is -0.473. The van der Waals surface area contributed by atoms with Gasteiger partial charge in [-0.25, -0.2) is 8.78 Å². The van der Waals surface area contributed by atoms with E-state index in [1.807, 2.05) is 13.0 Å². The second kappa shape index (κ2) is 8.35. The van der Waals surface area contributed by atoms with Gasteiger partial charge in [-0.3, -0.25) is 4.79 Å². The zero-order valence-corrected chi connectivity index (χ0v) is 19.2. The number of aryl methyl sites for hydroxylation is 1. The quantitative estimate of drug-likeness (QED) is 0.369. The molecular weight excluding hydrogens is 424 g/mol. The lowest BCUT2D eigenvalue weighted by Crippen LogP contribution is -2.12. The molecule has 0 saturated carbocycles. The van der Waals surface area contributed by atoms with Crippen molar-refractivity contribution in [3.63, 3.8) is 0 Å². The van der Waals surface area contributed by atoms with Gasteiger partial charge < -0.3 is 14.5 Å². The van der Waals surface area contributed by atoms with E-state index in [1.165, 1.54) is 49.6 Å². The molecule has 1 aromatic heterocycles. The van der Waals surface area contributed by atoms with E-state index in [2.05, 4.69) is 31.8 Å². The normalized spacial score (nSPS) is 11.6. The van der Waals surface area contributed by atoms with Crippen molar-refractivity contribution in [3.8, 4) is 28.5 Å². The lowest BCUT2D eigenvalue weighted by molar-refractivity contribution is 0.375. The molecule has 4 rings (SSSR count). The van der Waals surface area contributed by atoms with Crippen molar-refractivity contribution in [2.75, 3.05) is 7.11 Å². The van der Waals surface area contributed by atoms with Crippen LogP contribution in [0.15, 0.2) is 59.4 Å². The highest BCUT2D eigenvalue weighted by molar-refractivity contribution is 5.83. The second-order valence-electron chi connectivity index (χ2n) is 9.05. The number of ether oxygens (including phenoxy) is 2. The first-order chi connectivity index (χ1) is 15.6. The van der Waals surface area contributed by atoms with Crippen molar-refractivity contribution >= 4 is 10.9 Å². The fourth-order valence-corrected chi connectivity index (χ4v) is 3.81. The van der Waals surface area contributed by atoms with Crippen molar-refractivity contribution in [2.45, 2.75) is 33.1 Å². The first-order valence-electron chi connectivity index (χ1n) is 10.6. The molecule has 0 aliphatic rings. The number of hydrogen-bond donors (Lipinski definition) is 1. The SMILES string of the molecule is COc1cc(F)ccc1Oc1cc(C(C)(C)C)cc(C)c1-c1cc(=O)c2cc(F)ccc2[nH]1. The lowest BCUT2D eigenvalue weighted by atomic mass is 9.84. The Morgan fingerprint density at radius 3 is 2.24 bits per heavy atom. The standard InChI is InChI=1S/C27H25F2NO3/c1-15-10-16(27(2,3)4)11-25(33-23-9-7-18(29)13-24(23)32-5)26(15)21-14-22(31)19-12-17(28)6-8-20(19)30-21/h6-14H,1-5H3,(H,30,31). The Hall–Kier alpha value is -3.67. The summed E-state index contributed by atoms with van der Waals surface area (Å²) in [7, 11) is 1.44. The number of aromatic nitrogens is 1. The van der Waals surface area contributed by atoms with Crippen LogP contribution in [0.25, 0.3) is 22.2 Å². The third kappa shape index (κ3) is 4.46. The smallest absolute Gasteiger partial charge is 0.190 e. The Morgan fingerprint density at radius 2 is 1.55 bits per heavy atom. The Labute approximate surface area is 190 Å². The van der Waals surface area contributed by atoms with E-state index in [0.717, 1.165) is 11.1 Å². The predicted octanol–water partition coefficient (Wildman–Crippen LogP) is 6.88. The van der Waals surface area contributed by atoms with Crippen LogP contribution in [0.4, 0.5) is 8.78 Å². The van der Waals surface area contributed by atoms with E-state index in [9.17, 15) is 13.6 Å². The minimum absolute atomic E-state index is 0.164. The van der Waals surface area contributed by atoms with Crippen LogP contribution in [0, 0.1) is 18.6 Å².